The lowest BCUT2D eigenvalue weighted by Crippen LogP contribution is -2.56. The van der Waals surface area contributed by atoms with Crippen molar-refractivity contribution in [3.05, 3.63) is 11.6 Å². The Morgan fingerprint density at radius 1 is 1.14 bits per heavy atom. The minimum absolute atomic E-state index is 0.0852. The average Bonchev–Trinajstić information content (AvgIpc) is 2.90. The Morgan fingerprint density at radius 2 is 1.89 bits per heavy atom. The first-order valence-electron chi connectivity index (χ1n) is 11.8. The zero-order chi connectivity index (χ0) is 20.3. The lowest BCUT2D eigenvalue weighted by Gasteiger charge is -2.59. The molecule has 3 fully saturated rings. The van der Waals surface area contributed by atoms with Crippen LogP contribution in [-0.2, 0) is 0 Å². The fraction of sp³-hybridized carbons (Fsp3) is 0.920. The Hall–Kier alpha value is -0.380. The molecule has 160 valence electrons. The second kappa shape index (κ2) is 7.10. The molecular formula is C25H42O3. The van der Waals surface area contributed by atoms with Crippen molar-refractivity contribution < 1.29 is 15.3 Å². The normalized spacial score (nSPS) is 48.5. The van der Waals surface area contributed by atoms with E-state index in [2.05, 4.69) is 19.9 Å². The van der Waals surface area contributed by atoms with E-state index in [0.29, 0.717) is 17.8 Å². The van der Waals surface area contributed by atoms with Gasteiger partial charge in [0.2, 0.25) is 0 Å². The van der Waals surface area contributed by atoms with E-state index >= 15 is 0 Å². The van der Waals surface area contributed by atoms with Crippen molar-refractivity contribution in [2.45, 2.75) is 110 Å². The van der Waals surface area contributed by atoms with Gasteiger partial charge in [-0.2, -0.15) is 0 Å². The zero-order valence-corrected chi connectivity index (χ0v) is 18.5. The monoisotopic (exact) mass is 390 g/mol. The van der Waals surface area contributed by atoms with Crippen molar-refractivity contribution in [2.24, 2.45) is 34.5 Å². The summed E-state index contributed by atoms with van der Waals surface area (Å²) in [7, 11) is 0. The van der Waals surface area contributed by atoms with Crippen LogP contribution >= 0.6 is 0 Å². The van der Waals surface area contributed by atoms with E-state index in [-0.39, 0.29) is 23.0 Å². The van der Waals surface area contributed by atoms with E-state index in [0.717, 1.165) is 50.9 Å². The van der Waals surface area contributed by atoms with Crippen molar-refractivity contribution in [1.82, 2.24) is 0 Å². The van der Waals surface area contributed by atoms with Gasteiger partial charge in [-0.15, -0.1) is 0 Å². The molecule has 8 atom stereocenters. The predicted octanol–water partition coefficient (Wildman–Crippen LogP) is 4.84. The molecular weight excluding hydrogens is 348 g/mol. The second-order valence-electron chi connectivity index (χ2n) is 11.8. The first-order chi connectivity index (χ1) is 13.0. The number of rotatable bonds is 4. The Morgan fingerprint density at radius 3 is 2.61 bits per heavy atom. The van der Waals surface area contributed by atoms with Gasteiger partial charge in [-0.1, -0.05) is 31.9 Å². The largest absolute Gasteiger partial charge is 0.393 e. The molecule has 28 heavy (non-hydrogen) atoms. The summed E-state index contributed by atoms with van der Waals surface area (Å²) in [5, 5.41) is 31.7. The molecule has 3 N–H and O–H groups in total. The number of fused-ring (bicyclic) bond motifs is 5. The van der Waals surface area contributed by atoms with E-state index in [4.69, 9.17) is 0 Å². The molecule has 3 saturated carbocycles. The van der Waals surface area contributed by atoms with Crippen LogP contribution < -0.4 is 0 Å². The standard InChI is InChI=1S/C25H42O3/c1-23(2,28)12-5-6-16-8-10-20-19-9-7-17-14-18(26)11-13-24(17,3)22(19)21(27)15-25(16,20)4/h7,16,18-22,26-28H,5-6,8-15H2,1-4H3. The molecule has 4 rings (SSSR count). The SMILES string of the molecule is CC(C)(O)CCCC1CCC2C3CC=C4CC(O)CCC4(C)C3C(O)CC12C. The van der Waals surface area contributed by atoms with Crippen LogP contribution in [0.15, 0.2) is 11.6 Å². The van der Waals surface area contributed by atoms with Crippen LogP contribution in [0, 0.1) is 34.5 Å². The molecule has 0 amide bonds. The van der Waals surface area contributed by atoms with E-state index < -0.39 is 5.60 Å². The molecule has 0 heterocycles. The van der Waals surface area contributed by atoms with Gasteiger partial charge in [0, 0.05) is 0 Å². The third kappa shape index (κ3) is 3.40. The van der Waals surface area contributed by atoms with Gasteiger partial charge in [0.15, 0.2) is 0 Å². The summed E-state index contributed by atoms with van der Waals surface area (Å²) < 4.78 is 0. The predicted molar refractivity (Wildman–Crippen MR) is 113 cm³/mol. The highest BCUT2D eigenvalue weighted by molar-refractivity contribution is 5.26. The maximum Gasteiger partial charge on any atom is 0.0591 e. The molecule has 0 saturated heterocycles. The quantitative estimate of drug-likeness (QED) is 0.602. The maximum atomic E-state index is 11.4. The van der Waals surface area contributed by atoms with E-state index in [1.807, 2.05) is 13.8 Å². The van der Waals surface area contributed by atoms with Gasteiger partial charge in [0.25, 0.3) is 0 Å². The van der Waals surface area contributed by atoms with Crippen LogP contribution in [0.5, 0.6) is 0 Å². The highest BCUT2D eigenvalue weighted by atomic mass is 16.3. The first-order valence-corrected chi connectivity index (χ1v) is 11.8. The molecule has 4 aliphatic carbocycles. The number of allylic oxidation sites excluding steroid dienone is 1. The molecule has 8 unspecified atom stereocenters. The molecule has 0 aromatic heterocycles. The van der Waals surface area contributed by atoms with Gasteiger partial charge in [-0.05, 0) is 106 Å². The van der Waals surface area contributed by atoms with Gasteiger partial charge in [0.05, 0.1) is 17.8 Å². The van der Waals surface area contributed by atoms with Crippen LogP contribution in [0.1, 0.15) is 91.9 Å². The van der Waals surface area contributed by atoms with Crippen LogP contribution in [0.3, 0.4) is 0 Å². The average molecular weight is 391 g/mol. The van der Waals surface area contributed by atoms with Crippen molar-refractivity contribution >= 4 is 0 Å². The molecule has 3 heteroatoms. The fourth-order valence-corrected chi connectivity index (χ4v) is 8.13. The fourth-order valence-electron chi connectivity index (χ4n) is 8.13. The van der Waals surface area contributed by atoms with Crippen molar-refractivity contribution in [3.63, 3.8) is 0 Å². The number of hydrogen-bond acceptors (Lipinski definition) is 3. The van der Waals surface area contributed by atoms with Gasteiger partial charge >= 0.3 is 0 Å². The first kappa shape index (κ1) is 20.9. The van der Waals surface area contributed by atoms with Crippen molar-refractivity contribution in [3.8, 4) is 0 Å². The van der Waals surface area contributed by atoms with Crippen LogP contribution in [0.4, 0.5) is 0 Å². The molecule has 0 aromatic rings. The highest BCUT2D eigenvalue weighted by Crippen LogP contribution is 2.66. The van der Waals surface area contributed by atoms with E-state index in [1.165, 1.54) is 24.8 Å². The van der Waals surface area contributed by atoms with Gasteiger partial charge in [-0.25, -0.2) is 0 Å². The Kier molecular flexibility index (Phi) is 5.29. The topological polar surface area (TPSA) is 60.7 Å². The Balaban J connectivity index is 1.54. The maximum absolute atomic E-state index is 11.4. The van der Waals surface area contributed by atoms with Gasteiger partial charge < -0.3 is 15.3 Å². The van der Waals surface area contributed by atoms with Gasteiger partial charge in [-0.3, -0.25) is 0 Å². The van der Waals surface area contributed by atoms with E-state index in [1.54, 1.807) is 0 Å². The molecule has 0 aromatic carbocycles. The van der Waals surface area contributed by atoms with E-state index in [9.17, 15) is 15.3 Å². The van der Waals surface area contributed by atoms with Crippen LogP contribution in [0.2, 0.25) is 0 Å². The summed E-state index contributed by atoms with van der Waals surface area (Å²) in [5.74, 6) is 2.36. The lowest BCUT2D eigenvalue weighted by atomic mass is 9.46. The molecule has 0 bridgehead atoms. The van der Waals surface area contributed by atoms with Crippen LogP contribution in [-0.4, -0.2) is 33.1 Å². The number of aliphatic hydroxyl groups excluding tert-OH is 2. The van der Waals surface area contributed by atoms with Crippen LogP contribution in [0.25, 0.3) is 0 Å². The molecule has 4 aliphatic rings. The summed E-state index contributed by atoms with van der Waals surface area (Å²) in [6.45, 7) is 8.66. The number of hydrogen-bond donors (Lipinski definition) is 3. The van der Waals surface area contributed by atoms with Crippen molar-refractivity contribution in [2.75, 3.05) is 0 Å². The summed E-state index contributed by atoms with van der Waals surface area (Å²) in [4.78, 5) is 0. The second-order valence-corrected chi connectivity index (χ2v) is 11.8. The minimum atomic E-state index is -0.569. The lowest BCUT2D eigenvalue weighted by molar-refractivity contribution is -0.126. The van der Waals surface area contributed by atoms with Gasteiger partial charge in [0.1, 0.15) is 0 Å². The third-order valence-corrected chi connectivity index (χ3v) is 9.55. The smallest absolute Gasteiger partial charge is 0.0591 e. The summed E-state index contributed by atoms with van der Waals surface area (Å²) in [5.41, 5.74) is 1.19. The molecule has 0 aliphatic heterocycles. The molecule has 0 radical (unpaired) electrons. The summed E-state index contributed by atoms with van der Waals surface area (Å²) in [6.07, 6.45) is 12.5. The number of aliphatic hydroxyl groups is 3. The molecule has 0 spiro atoms. The van der Waals surface area contributed by atoms with Crippen molar-refractivity contribution in [1.29, 1.82) is 0 Å². The highest BCUT2D eigenvalue weighted by Gasteiger charge is 2.61. The summed E-state index contributed by atoms with van der Waals surface area (Å²) in [6, 6.07) is 0. The third-order valence-electron chi connectivity index (χ3n) is 9.55. The Labute approximate surface area is 171 Å². The molecule has 3 nitrogen and oxygen atoms in total. The Bertz CT molecular complexity index is 620. The minimum Gasteiger partial charge on any atom is -0.393 e. The summed E-state index contributed by atoms with van der Waals surface area (Å²) >= 11 is 0. The zero-order valence-electron chi connectivity index (χ0n) is 18.5.